The zero-order valence-electron chi connectivity index (χ0n) is 12.9. The van der Waals surface area contributed by atoms with Crippen molar-refractivity contribution < 1.29 is 4.74 Å². The molecule has 2 nitrogen and oxygen atoms in total. The van der Waals surface area contributed by atoms with Gasteiger partial charge in [0, 0.05) is 6.04 Å². The summed E-state index contributed by atoms with van der Waals surface area (Å²) in [4.78, 5) is 0. The number of hydrogen-bond acceptors (Lipinski definition) is 2. The third kappa shape index (κ3) is 5.65. The summed E-state index contributed by atoms with van der Waals surface area (Å²) in [5, 5.41) is 3.55. The van der Waals surface area contributed by atoms with Crippen LogP contribution in [-0.4, -0.2) is 19.2 Å². The molecule has 0 aliphatic carbocycles. The van der Waals surface area contributed by atoms with Gasteiger partial charge in [-0.3, -0.25) is 0 Å². The Balaban J connectivity index is 2.62. The highest BCUT2D eigenvalue weighted by molar-refractivity contribution is 5.36. The van der Waals surface area contributed by atoms with Crippen molar-refractivity contribution in [1.82, 2.24) is 5.32 Å². The van der Waals surface area contributed by atoms with Gasteiger partial charge in [0.05, 0.1) is 6.61 Å². The van der Waals surface area contributed by atoms with Crippen molar-refractivity contribution in [3.63, 3.8) is 0 Å². The fourth-order valence-corrected chi connectivity index (χ4v) is 2.36. The van der Waals surface area contributed by atoms with Crippen molar-refractivity contribution in [1.29, 1.82) is 0 Å². The molecule has 0 aromatic heterocycles. The molecule has 0 aliphatic rings. The van der Waals surface area contributed by atoms with Gasteiger partial charge in [0.1, 0.15) is 5.75 Å². The predicted octanol–water partition coefficient (Wildman–Crippen LogP) is 4.36. The summed E-state index contributed by atoms with van der Waals surface area (Å²) < 4.78 is 5.85. The fraction of sp³-hybridized carbons (Fsp3) is 0.647. The highest BCUT2D eigenvalue weighted by Gasteiger charge is 2.14. The number of hydrogen-bond donors (Lipinski definition) is 1. The Hall–Kier alpha value is -1.02. The summed E-state index contributed by atoms with van der Waals surface area (Å²) in [7, 11) is 0. The van der Waals surface area contributed by atoms with E-state index in [9.17, 15) is 0 Å². The Kier molecular flexibility index (Phi) is 7.57. The van der Waals surface area contributed by atoms with Gasteiger partial charge in [0.15, 0.2) is 0 Å². The van der Waals surface area contributed by atoms with Gasteiger partial charge in [-0.05, 0) is 50.3 Å². The average molecular weight is 263 g/mol. The van der Waals surface area contributed by atoms with Crippen LogP contribution < -0.4 is 10.1 Å². The maximum Gasteiger partial charge on any atom is 0.122 e. The van der Waals surface area contributed by atoms with Crippen LogP contribution in [0.15, 0.2) is 24.3 Å². The van der Waals surface area contributed by atoms with E-state index in [-0.39, 0.29) is 0 Å². The van der Waals surface area contributed by atoms with Crippen molar-refractivity contribution >= 4 is 0 Å². The van der Waals surface area contributed by atoms with Crippen LogP contribution in [0.3, 0.4) is 0 Å². The van der Waals surface area contributed by atoms with Crippen LogP contribution in [0.4, 0.5) is 0 Å². The minimum Gasteiger partial charge on any atom is -0.493 e. The Bertz CT molecular complexity index is 351. The first kappa shape index (κ1) is 16.0. The molecule has 0 radical (unpaired) electrons. The normalized spacial score (nSPS) is 14.1. The molecule has 2 heteroatoms. The zero-order chi connectivity index (χ0) is 14.1. The molecule has 0 heterocycles. The Morgan fingerprint density at radius 1 is 1.11 bits per heavy atom. The lowest BCUT2D eigenvalue weighted by Crippen LogP contribution is -2.28. The smallest absolute Gasteiger partial charge is 0.122 e. The van der Waals surface area contributed by atoms with Crippen LogP contribution in [0.25, 0.3) is 0 Å². The van der Waals surface area contributed by atoms with Crippen molar-refractivity contribution in [2.24, 2.45) is 0 Å². The Labute approximate surface area is 118 Å². The van der Waals surface area contributed by atoms with Gasteiger partial charge in [-0.15, -0.1) is 0 Å². The molecule has 0 aliphatic heterocycles. The SMILES string of the molecule is CCCNC(C)CC(C)c1ccccc1OCCC. The molecule has 0 bridgehead atoms. The molecule has 0 fully saturated rings. The molecule has 1 rings (SSSR count). The molecule has 2 unspecified atom stereocenters. The Morgan fingerprint density at radius 3 is 2.53 bits per heavy atom. The lowest BCUT2D eigenvalue weighted by atomic mass is 9.93. The van der Waals surface area contributed by atoms with E-state index in [0.717, 1.165) is 31.7 Å². The van der Waals surface area contributed by atoms with E-state index in [0.29, 0.717) is 12.0 Å². The summed E-state index contributed by atoms with van der Waals surface area (Å²) in [6.07, 6.45) is 3.39. The van der Waals surface area contributed by atoms with Crippen LogP contribution in [0, 0.1) is 0 Å². The number of ether oxygens (including phenoxy) is 1. The first-order valence-electron chi connectivity index (χ1n) is 7.64. The van der Waals surface area contributed by atoms with Crippen molar-refractivity contribution in [3.05, 3.63) is 29.8 Å². The van der Waals surface area contributed by atoms with Gasteiger partial charge in [-0.2, -0.15) is 0 Å². The molecule has 19 heavy (non-hydrogen) atoms. The topological polar surface area (TPSA) is 21.3 Å². The largest absolute Gasteiger partial charge is 0.493 e. The van der Waals surface area contributed by atoms with E-state index in [1.807, 2.05) is 0 Å². The fourth-order valence-electron chi connectivity index (χ4n) is 2.36. The second-order valence-electron chi connectivity index (χ2n) is 5.38. The number of para-hydroxylation sites is 1. The minimum absolute atomic E-state index is 0.521. The summed E-state index contributed by atoms with van der Waals surface area (Å²) in [6, 6.07) is 9.00. The van der Waals surface area contributed by atoms with E-state index in [4.69, 9.17) is 4.74 Å². The van der Waals surface area contributed by atoms with Gasteiger partial charge < -0.3 is 10.1 Å². The van der Waals surface area contributed by atoms with Gasteiger partial charge >= 0.3 is 0 Å². The molecule has 0 amide bonds. The highest BCUT2D eigenvalue weighted by atomic mass is 16.5. The van der Waals surface area contributed by atoms with Crippen molar-refractivity contribution in [2.45, 2.75) is 58.9 Å². The first-order chi connectivity index (χ1) is 9.19. The summed E-state index contributed by atoms with van der Waals surface area (Å²) >= 11 is 0. The molecular formula is C17H29NO. The van der Waals surface area contributed by atoms with Crippen molar-refractivity contribution in [3.8, 4) is 5.75 Å². The molecule has 0 saturated heterocycles. The zero-order valence-corrected chi connectivity index (χ0v) is 12.9. The molecule has 2 atom stereocenters. The van der Waals surface area contributed by atoms with Gasteiger partial charge in [0.25, 0.3) is 0 Å². The molecule has 1 aromatic rings. The second kappa shape index (κ2) is 8.98. The highest BCUT2D eigenvalue weighted by Crippen LogP contribution is 2.29. The number of rotatable bonds is 9. The van der Waals surface area contributed by atoms with Crippen LogP contribution >= 0.6 is 0 Å². The quantitative estimate of drug-likeness (QED) is 0.715. The molecule has 0 spiro atoms. The maximum absolute atomic E-state index is 5.85. The monoisotopic (exact) mass is 263 g/mol. The van der Waals surface area contributed by atoms with E-state index in [1.54, 1.807) is 0 Å². The molecule has 108 valence electrons. The summed E-state index contributed by atoms with van der Waals surface area (Å²) in [5.41, 5.74) is 1.33. The third-order valence-electron chi connectivity index (χ3n) is 3.36. The van der Waals surface area contributed by atoms with E-state index >= 15 is 0 Å². The summed E-state index contributed by atoms with van der Waals surface area (Å²) in [5.74, 6) is 1.58. The number of nitrogens with one attached hydrogen (secondary N) is 1. The first-order valence-corrected chi connectivity index (χ1v) is 7.64. The van der Waals surface area contributed by atoms with Crippen LogP contribution in [0.1, 0.15) is 58.4 Å². The van der Waals surface area contributed by atoms with Gasteiger partial charge in [-0.1, -0.05) is 39.0 Å². The molecule has 1 aromatic carbocycles. The van der Waals surface area contributed by atoms with Crippen LogP contribution in [0.2, 0.25) is 0 Å². The number of benzene rings is 1. The van der Waals surface area contributed by atoms with Crippen molar-refractivity contribution in [2.75, 3.05) is 13.2 Å². The third-order valence-corrected chi connectivity index (χ3v) is 3.36. The lowest BCUT2D eigenvalue weighted by molar-refractivity contribution is 0.311. The van der Waals surface area contributed by atoms with E-state index in [1.165, 1.54) is 12.0 Å². The second-order valence-corrected chi connectivity index (χ2v) is 5.38. The van der Waals surface area contributed by atoms with E-state index < -0.39 is 0 Å². The summed E-state index contributed by atoms with van der Waals surface area (Å²) in [6.45, 7) is 10.8. The van der Waals surface area contributed by atoms with Gasteiger partial charge in [-0.25, -0.2) is 0 Å². The van der Waals surface area contributed by atoms with Crippen LogP contribution in [0.5, 0.6) is 5.75 Å². The lowest BCUT2D eigenvalue weighted by Gasteiger charge is -2.21. The maximum atomic E-state index is 5.85. The average Bonchev–Trinajstić information content (AvgIpc) is 2.43. The predicted molar refractivity (Wildman–Crippen MR) is 83.0 cm³/mol. The van der Waals surface area contributed by atoms with Gasteiger partial charge in [0.2, 0.25) is 0 Å². The molecule has 1 N–H and O–H groups in total. The molecular weight excluding hydrogens is 234 g/mol. The Morgan fingerprint density at radius 2 is 1.84 bits per heavy atom. The minimum atomic E-state index is 0.521. The van der Waals surface area contributed by atoms with E-state index in [2.05, 4.69) is 57.3 Å². The standard InChI is InChI=1S/C17H29NO/c1-5-11-18-15(4)13-14(3)16-9-7-8-10-17(16)19-12-6-2/h7-10,14-15,18H,5-6,11-13H2,1-4H3. The van der Waals surface area contributed by atoms with Crippen LogP contribution in [-0.2, 0) is 0 Å². The molecule has 0 saturated carbocycles.